The second kappa shape index (κ2) is 6.27. The van der Waals surface area contributed by atoms with E-state index in [0.29, 0.717) is 12.5 Å². The first-order valence-corrected chi connectivity index (χ1v) is 7.15. The molecule has 0 amide bonds. The zero-order chi connectivity index (χ0) is 14.6. The Bertz CT molecular complexity index is 453. The molecule has 0 aliphatic heterocycles. The van der Waals surface area contributed by atoms with Gasteiger partial charge in [0.1, 0.15) is 12.4 Å². The summed E-state index contributed by atoms with van der Waals surface area (Å²) in [6.07, 6.45) is 3.08. The fourth-order valence-corrected chi connectivity index (χ4v) is 2.50. The number of benzene rings is 1. The summed E-state index contributed by atoms with van der Waals surface area (Å²) in [5.74, 6) is 0.842. The summed E-state index contributed by atoms with van der Waals surface area (Å²) >= 11 is 0. The topological polar surface area (TPSA) is 47.6 Å². The smallest absolute Gasteiger partial charge is 0.329 e. The molecule has 2 rings (SSSR count). The predicted molar refractivity (Wildman–Crippen MR) is 77.8 cm³/mol. The molecule has 1 atom stereocenters. The van der Waals surface area contributed by atoms with Crippen LogP contribution in [0, 0.1) is 5.92 Å². The maximum absolute atomic E-state index is 12.1. The van der Waals surface area contributed by atoms with Gasteiger partial charge in [-0.2, -0.15) is 0 Å². The Morgan fingerprint density at radius 2 is 2.00 bits per heavy atom. The highest BCUT2D eigenvalue weighted by Crippen LogP contribution is 2.40. The lowest BCUT2D eigenvalue weighted by atomic mass is 9.94. The molecule has 0 spiro atoms. The molecule has 1 saturated carbocycles. The van der Waals surface area contributed by atoms with Crippen LogP contribution in [-0.2, 0) is 16.0 Å². The van der Waals surface area contributed by atoms with Crippen LogP contribution in [0.3, 0.4) is 0 Å². The van der Waals surface area contributed by atoms with Crippen LogP contribution in [0.4, 0.5) is 0 Å². The summed E-state index contributed by atoms with van der Waals surface area (Å²) < 4.78 is 10.8. The Hall–Kier alpha value is -1.55. The molecule has 1 aliphatic rings. The van der Waals surface area contributed by atoms with E-state index in [4.69, 9.17) is 9.47 Å². The van der Waals surface area contributed by atoms with Gasteiger partial charge in [0.05, 0.1) is 7.11 Å². The third-order valence-corrected chi connectivity index (χ3v) is 4.07. The van der Waals surface area contributed by atoms with Gasteiger partial charge in [-0.15, -0.1) is 0 Å². The van der Waals surface area contributed by atoms with E-state index >= 15 is 0 Å². The molecule has 1 aliphatic carbocycles. The fraction of sp³-hybridized carbons (Fsp3) is 0.562. The molecule has 4 heteroatoms. The van der Waals surface area contributed by atoms with Crippen molar-refractivity contribution < 1.29 is 14.3 Å². The van der Waals surface area contributed by atoms with Crippen molar-refractivity contribution in [1.29, 1.82) is 0 Å². The van der Waals surface area contributed by atoms with Gasteiger partial charge < -0.3 is 14.8 Å². The maximum Gasteiger partial charge on any atom is 0.329 e. The highest BCUT2D eigenvalue weighted by atomic mass is 16.5. The lowest BCUT2D eigenvalue weighted by molar-refractivity contribution is -0.151. The number of rotatable bonds is 7. The maximum atomic E-state index is 12.1. The van der Waals surface area contributed by atoms with Crippen LogP contribution in [0.2, 0.25) is 0 Å². The quantitative estimate of drug-likeness (QED) is 0.776. The zero-order valence-electron chi connectivity index (χ0n) is 12.4. The van der Waals surface area contributed by atoms with Gasteiger partial charge in [-0.25, -0.2) is 4.79 Å². The van der Waals surface area contributed by atoms with E-state index in [1.165, 1.54) is 12.7 Å². The van der Waals surface area contributed by atoms with Crippen molar-refractivity contribution in [3.05, 3.63) is 29.8 Å². The third-order valence-electron chi connectivity index (χ3n) is 4.07. The SMILES string of the molecule is CCc1ccc(OCC(NC)(C(=O)OC)C2CC2)cc1. The Kier molecular flexibility index (Phi) is 4.65. The predicted octanol–water partition coefficient (Wildman–Crippen LogP) is 2.17. The van der Waals surface area contributed by atoms with Gasteiger partial charge in [0.15, 0.2) is 5.54 Å². The van der Waals surface area contributed by atoms with Crippen LogP contribution in [0.25, 0.3) is 0 Å². The number of aryl methyl sites for hydroxylation is 1. The fourth-order valence-electron chi connectivity index (χ4n) is 2.50. The van der Waals surface area contributed by atoms with Gasteiger partial charge >= 0.3 is 5.97 Å². The van der Waals surface area contributed by atoms with E-state index in [1.807, 2.05) is 24.3 Å². The van der Waals surface area contributed by atoms with Crippen LogP contribution in [0.5, 0.6) is 5.75 Å². The number of esters is 1. The highest BCUT2D eigenvalue weighted by Gasteiger charge is 2.51. The largest absolute Gasteiger partial charge is 0.491 e. The molecule has 0 aromatic heterocycles. The van der Waals surface area contributed by atoms with Gasteiger partial charge in [0, 0.05) is 0 Å². The minimum absolute atomic E-state index is 0.243. The van der Waals surface area contributed by atoms with E-state index in [1.54, 1.807) is 7.05 Å². The van der Waals surface area contributed by atoms with E-state index < -0.39 is 5.54 Å². The molecule has 1 aromatic rings. The van der Waals surface area contributed by atoms with Crippen molar-refractivity contribution in [3.8, 4) is 5.75 Å². The Balaban J connectivity index is 2.06. The van der Waals surface area contributed by atoms with Crippen LogP contribution in [-0.4, -0.2) is 32.3 Å². The Morgan fingerprint density at radius 1 is 1.35 bits per heavy atom. The van der Waals surface area contributed by atoms with Crippen LogP contribution >= 0.6 is 0 Å². The summed E-state index contributed by atoms with van der Waals surface area (Å²) in [7, 11) is 3.21. The molecule has 0 bridgehead atoms. The van der Waals surface area contributed by atoms with E-state index in [-0.39, 0.29) is 5.97 Å². The number of hydrogen-bond donors (Lipinski definition) is 1. The monoisotopic (exact) mass is 277 g/mol. The first-order valence-electron chi connectivity index (χ1n) is 7.15. The molecule has 0 heterocycles. The van der Waals surface area contributed by atoms with Crippen molar-refractivity contribution in [2.24, 2.45) is 5.92 Å². The van der Waals surface area contributed by atoms with Crippen LogP contribution in [0.15, 0.2) is 24.3 Å². The second-order valence-corrected chi connectivity index (χ2v) is 5.27. The second-order valence-electron chi connectivity index (χ2n) is 5.27. The Labute approximate surface area is 120 Å². The van der Waals surface area contributed by atoms with Crippen molar-refractivity contribution in [2.75, 3.05) is 20.8 Å². The van der Waals surface area contributed by atoms with E-state index in [9.17, 15) is 4.79 Å². The van der Waals surface area contributed by atoms with Crippen LogP contribution in [0.1, 0.15) is 25.3 Å². The molecule has 0 radical (unpaired) electrons. The zero-order valence-corrected chi connectivity index (χ0v) is 12.4. The standard InChI is InChI=1S/C16H23NO3/c1-4-12-5-9-14(10-6-12)20-11-16(17-2,13-7-8-13)15(18)19-3/h5-6,9-10,13,17H,4,7-8,11H2,1-3H3. The average molecular weight is 277 g/mol. The molecule has 20 heavy (non-hydrogen) atoms. The molecule has 1 fully saturated rings. The van der Waals surface area contributed by atoms with Gasteiger partial charge in [-0.1, -0.05) is 19.1 Å². The Morgan fingerprint density at radius 3 is 2.45 bits per heavy atom. The average Bonchev–Trinajstić information content (AvgIpc) is 3.33. The summed E-state index contributed by atoms with van der Waals surface area (Å²) in [5, 5.41) is 3.12. The molecule has 1 N–H and O–H groups in total. The van der Waals surface area contributed by atoms with Crippen molar-refractivity contribution in [3.63, 3.8) is 0 Å². The number of likely N-dealkylation sites (N-methyl/N-ethyl adjacent to an activating group) is 1. The molecule has 0 saturated heterocycles. The molecular formula is C16H23NO3. The van der Waals surface area contributed by atoms with Crippen LogP contribution < -0.4 is 10.1 Å². The number of ether oxygens (including phenoxy) is 2. The third kappa shape index (κ3) is 2.96. The lowest BCUT2D eigenvalue weighted by Gasteiger charge is -2.30. The summed E-state index contributed by atoms with van der Waals surface area (Å²) in [6, 6.07) is 7.99. The summed E-state index contributed by atoms with van der Waals surface area (Å²) in [4.78, 5) is 12.1. The summed E-state index contributed by atoms with van der Waals surface area (Å²) in [5.41, 5.74) is 0.547. The number of nitrogens with one attached hydrogen (secondary N) is 1. The molecule has 4 nitrogen and oxygen atoms in total. The van der Waals surface area contributed by atoms with Crippen molar-refractivity contribution >= 4 is 5.97 Å². The van der Waals surface area contributed by atoms with E-state index in [2.05, 4.69) is 12.2 Å². The highest BCUT2D eigenvalue weighted by molar-refractivity contribution is 5.82. The number of hydrogen-bond acceptors (Lipinski definition) is 4. The normalized spacial score (nSPS) is 17.4. The number of carbonyl (C=O) groups excluding carboxylic acids is 1. The molecule has 1 unspecified atom stereocenters. The van der Waals surface area contributed by atoms with E-state index in [0.717, 1.165) is 25.0 Å². The number of methoxy groups -OCH3 is 1. The molecule has 1 aromatic carbocycles. The van der Waals surface area contributed by atoms with Gasteiger partial charge in [0.25, 0.3) is 0 Å². The minimum Gasteiger partial charge on any atom is -0.491 e. The van der Waals surface area contributed by atoms with Crippen molar-refractivity contribution in [1.82, 2.24) is 5.32 Å². The molecule has 110 valence electrons. The number of carbonyl (C=O) groups is 1. The minimum atomic E-state index is -0.724. The van der Waals surface area contributed by atoms with Gasteiger partial charge in [-0.05, 0) is 49.9 Å². The van der Waals surface area contributed by atoms with Gasteiger partial charge in [-0.3, -0.25) is 0 Å². The lowest BCUT2D eigenvalue weighted by Crippen LogP contribution is -2.57. The van der Waals surface area contributed by atoms with Gasteiger partial charge in [0.2, 0.25) is 0 Å². The molecular weight excluding hydrogens is 254 g/mol. The summed E-state index contributed by atoms with van der Waals surface area (Å²) in [6.45, 7) is 2.42. The van der Waals surface area contributed by atoms with Crippen molar-refractivity contribution in [2.45, 2.75) is 31.7 Å². The first kappa shape index (κ1) is 14.9. The first-order chi connectivity index (χ1) is 9.66.